The molecule has 0 amide bonds. The molecule has 1 aromatic heterocycles. The van der Waals surface area contributed by atoms with E-state index in [1.165, 1.54) is 0 Å². The Balaban J connectivity index is 2.78. The Labute approximate surface area is 60.2 Å². The molecule has 1 rings (SSSR count). The highest BCUT2D eigenvalue weighted by atomic mass is 16.5. The molecule has 0 fully saturated rings. The number of aromatic nitrogens is 1. The fourth-order valence-electron chi connectivity index (χ4n) is 0.709. The maximum atomic E-state index is 5.55. The van der Waals surface area contributed by atoms with Crippen LogP contribution in [0.15, 0.2) is 10.6 Å². The lowest BCUT2D eigenvalue weighted by atomic mass is 10.2. The van der Waals surface area contributed by atoms with Crippen molar-refractivity contribution in [3.05, 3.63) is 17.5 Å². The Kier molecular flexibility index (Phi) is 2.06. The molecule has 10 heavy (non-hydrogen) atoms. The van der Waals surface area contributed by atoms with E-state index in [1.807, 2.05) is 19.9 Å². The van der Waals surface area contributed by atoms with Crippen LogP contribution in [0, 0.1) is 0 Å². The summed E-state index contributed by atoms with van der Waals surface area (Å²) in [6.45, 7) is 3.91. The highest BCUT2D eigenvalue weighted by Gasteiger charge is 2.05. The maximum Gasteiger partial charge on any atom is 0.153 e. The summed E-state index contributed by atoms with van der Waals surface area (Å²) in [7, 11) is 0. The minimum atomic E-state index is -0.0483. The van der Waals surface area contributed by atoms with Crippen molar-refractivity contribution in [3.63, 3.8) is 0 Å². The summed E-state index contributed by atoms with van der Waals surface area (Å²) in [4.78, 5) is 0. The van der Waals surface area contributed by atoms with Crippen LogP contribution in [-0.4, -0.2) is 5.16 Å². The average molecular weight is 140 g/mol. The summed E-state index contributed by atoms with van der Waals surface area (Å²) in [6, 6.07) is 1.85. The summed E-state index contributed by atoms with van der Waals surface area (Å²) >= 11 is 0. The standard InChI is InChI=1S/C7H12N2O/c1-3-6-4-7(5(2)8)10-9-6/h4-5H,3,8H2,1-2H3. The van der Waals surface area contributed by atoms with E-state index in [0.29, 0.717) is 0 Å². The lowest BCUT2D eigenvalue weighted by Gasteiger charge is -1.93. The van der Waals surface area contributed by atoms with Gasteiger partial charge in [-0.05, 0) is 13.3 Å². The number of aryl methyl sites for hydroxylation is 1. The van der Waals surface area contributed by atoms with Crippen LogP contribution in [0.3, 0.4) is 0 Å². The fraction of sp³-hybridized carbons (Fsp3) is 0.571. The van der Waals surface area contributed by atoms with E-state index in [2.05, 4.69) is 5.16 Å². The molecule has 0 saturated heterocycles. The topological polar surface area (TPSA) is 52.0 Å². The van der Waals surface area contributed by atoms with E-state index >= 15 is 0 Å². The van der Waals surface area contributed by atoms with E-state index in [1.54, 1.807) is 0 Å². The van der Waals surface area contributed by atoms with E-state index in [-0.39, 0.29) is 6.04 Å². The van der Waals surface area contributed by atoms with Gasteiger partial charge in [0.1, 0.15) is 0 Å². The van der Waals surface area contributed by atoms with Gasteiger partial charge >= 0.3 is 0 Å². The summed E-state index contributed by atoms with van der Waals surface area (Å²) in [5, 5.41) is 3.80. The molecule has 56 valence electrons. The van der Waals surface area contributed by atoms with Gasteiger partial charge in [-0.2, -0.15) is 0 Å². The molecular formula is C7H12N2O. The van der Waals surface area contributed by atoms with Gasteiger partial charge in [0.2, 0.25) is 0 Å². The molecule has 0 radical (unpaired) electrons. The van der Waals surface area contributed by atoms with Crippen molar-refractivity contribution in [1.29, 1.82) is 0 Å². The van der Waals surface area contributed by atoms with Crippen LogP contribution in [0.1, 0.15) is 31.3 Å². The minimum Gasteiger partial charge on any atom is -0.359 e. The molecule has 0 aliphatic carbocycles. The molecule has 0 bridgehead atoms. The van der Waals surface area contributed by atoms with Crippen molar-refractivity contribution < 1.29 is 4.52 Å². The second-order valence-electron chi connectivity index (χ2n) is 2.36. The monoisotopic (exact) mass is 140 g/mol. The highest BCUT2D eigenvalue weighted by Crippen LogP contribution is 2.10. The van der Waals surface area contributed by atoms with Crippen molar-refractivity contribution in [2.75, 3.05) is 0 Å². The molecule has 0 aliphatic rings. The van der Waals surface area contributed by atoms with Crippen LogP contribution < -0.4 is 5.73 Å². The van der Waals surface area contributed by atoms with Gasteiger partial charge in [-0.25, -0.2) is 0 Å². The quantitative estimate of drug-likeness (QED) is 0.672. The molecule has 1 atom stereocenters. The van der Waals surface area contributed by atoms with Gasteiger partial charge in [-0.1, -0.05) is 12.1 Å². The van der Waals surface area contributed by atoms with E-state index in [0.717, 1.165) is 17.9 Å². The van der Waals surface area contributed by atoms with Crippen LogP contribution in [0.2, 0.25) is 0 Å². The van der Waals surface area contributed by atoms with Gasteiger partial charge in [-0.3, -0.25) is 0 Å². The predicted molar refractivity (Wildman–Crippen MR) is 38.5 cm³/mol. The Hall–Kier alpha value is -0.830. The molecule has 1 unspecified atom stereocenters. The van der Waals surface area contributed by atoms with Crippen molar-refractivity contribution >= 4 is 0 Å². The molecular weight excluding hydrogens is 128 g/mol. The first kappa shape index (κ1) is 7.28. The third kappa shape index (κ3) is 1.36. The van der Waals surface area contributed by atoms with Gasteiger partial charge < -0.3 is 10.3 Å². The van der Waals surface area contributed by atoms with Crippen LogP contribution >= 0.6 is 0 Å². The molecule has 1 heterocycles. The molecule has 1 aromatic rings. The number of nitrogens with two attached hydrogens (primary N) is 1. The Bertz CT molecular complexity index is 205. The van der Waals surface area contributed by atoms with Gasteiger partial charge in [0.25, 0.3) is 0 Å². The third-order valence-corrected chi connectivity index (χ3v) is 1.39. The molecule has 0 aliphatic heterocycles. The minimum absolute atomic E-state index is 0.0483. The first-order valence-corrected chi connectivity index (χ1v) is 3.45. The van der Waals surface area contributed by atoms with E-state index in [4.69, 9.17) is 10.3 Å². The lowest BCUT2D eigenvalue weighted by molar-refractivity contribution is 0.363. The van der Waals surface area contributed by atoms with Crippen molar-refractivity contribution in [1.82, 2.24) is 5.16 Å². The maximum absolute atomic E-state index is 5.55. The van der Waals surface area contributed by atoms with Crippen molar-refractivity contribution in [2.45, 2.75) is 26.3 Å². The second-order valence-corrected chi connectivity index (χ2v) is 2.36. The summed E-state index contributed by atoms with van der Waals surface area (Å²) in [5.74, 6) is 0.761. The number of rotatable bonds is 2. The summed E-state index contributed by atoms with van der Waals surface area (Å²) < 4.78 is 4.94. The number of hydrogen-bond acceptors (Lipinski definition) is 3. The van der Waals surface area contributed by atoms with Gasteiger partial charge in [0.15, 0.2) is 5.76 Å². The first-order valence-electron chi connectivity index (χ1n) is 3.45. The zero-order valence-electron chi connectivity index (χ0n) is 6.29. The van der Waals surface area contributed by atoms with E-state index in [9.17, 15) is 0 Å². The average Bonchev–Trinajstić information content (AvgIpc) is 2.34. The Morgan fingerprint density at radius 3 is 2.80 bits per heavy atom. The molecule has 0 spiro atoms. The van der Waals surface area contributed by atoms with Crippen LogP contribution in [0.5, 0.6) is 0 Å². The molecule has 2 N–H and O–H groups in total. The Morgan fingerprint density at radius 1 is 1.80 bits per heavy atom. The largest absolute Gasteiger partial charge is 0.359 e. The highest BCUT2D eigenvalue weighted by molar-refractivity contribution is 5.07. The molecule has 0 saturated carbocycles. The fourth-order valence-corrected chi connectivity index (χ4v) is 0.709. The van der Waals surface area contributed by atoms with Gasteiger partial charge in [-0.15, -0.1) is 0 Å². The zero-order valence-corrected chi connectivity index (χ0v) is 6.29. The number of nitrogens with zero attached hydrogens (tertiary/aromatic N) is 1. The van der Waals surface area contributed by atoms with Crippen molar-refractivity contribution in [2.24, 2.45) is 5.73 Å². The van der Waals surface area contributed by atoms with Crippen LogP contribution in [0.25, 0.3) is 0 Å². The third-order valence-electron chi connectivity index (χ3n) is 1.39. The normalized spacial score (nSPS) is 13.5. The first-order chi connectivity index (χ1) is 4.74. The summed E-state index contributed by atoms with van der Waals surface area (Å²) in [5.41, 5.74) is 6.51. The molecule has 3 heteroatoms. The second kappa shape index (κ2) is 2.84. The van der Waals surface area contributed by atoms with Gasteiger partial charge in [0, 0.05) is 6.07 Å². The van der Waals surface area contributed by atoms with Crippen LogP contribution in [-0.2, 0) is 6.42 Å². The van der Waals surface area contributed by atoms with Gasteiger partial charge in [0.05, 0.1) is 11.7 Å². The zero-order chi connectivity index (χ0) is 7.56. The SMILES string of the molecule is CCc1cc(C(C)N)on1. The van der Waals surface area contributed by atoms with Crippen molar-refractivity contribution in [3.8, 4) is 0 Å². The number of hydrogen-bond donors (Lipinski definition) is 1. The smallest absolute Gasteiger partial charge is 0.153 e. The molecule has 3 nitrogen and oxygen atoms in total. The predicted octanol–water partition coefficient (Wildman–Crippen LogP) is 1.26. The van der Waals surface area contributed by atoms with Crippen LogP contribution in [0.4, 0.5) is 0 Å². The van der Waals surface area contributed by atoms with E-state index < -0.39 is 0 Å². The lowest BCUT2D eigenvalue weighted by Crippen LogP contribution is -2.02. The Morgan fingerprint density at radius 2 is 2.50 bits per heavy atom. The summed E-state index contributed by atoms with van der Waals surface area (Å²) in [6.07, 6.45) is 0.899. The molecule has 0 aromatic carbocycles.